The molecule has 1 aromatic heterocycles. The second-order valence-electron chi connectivity index (χ2n) is 7.44. The predicted octanol–water partition coefficient (Wildman–Crippen LogP) is 4.51. The van der Waals surface area contributed by atoms with Crippen molar-refractivity contribution < 1.29 is 4.79 Å². The number of nitrogens with zero attached hydrogens (tertiary/aromatic N) is 3. The fraction of sp³-hybridized carbons (Fsp3) is 0.227. The molecule has 1 aliphatic carbocycles. The lowest BCUT2D eigenvalue weighted by molar-refractivity contribution is -0.123. The number of ketones is 1. The summed E-state index contributed by atoms with van der Waals surface area (Å²) in [6.07, 6.45) is 4.18. The third kappa shape index (κ3) is 2.83. The summed E-state index contributed by atoms with van der Waals surface area (Å²) < 4.78 is 1.80. The molecule has 5 nitrogen and oxygen atoms in total. The van der Waals surface area contributed by atoms with E-state index in [1.165, 1.54) is 11.9 Å². The van der Waals surface area contributed by atoms with E-state index in [1.54, 1.807) is 4.68 Å². The number of benzene rings is 2. The average molecular weight is 391 g/mol. The number of anilines is 1. The van der Waals surface area contributed by atoms with Crippen LogP contribution in [0.3, 0.4) is 0 Å². The van der Waals surface area contributed by atoms with Gasteiger partial charge in [0.2, 0.25) is 5.95 Å². The van der Waals surface area contributed by atoms with Gasteiger partial charge in [0.25, 0.3) is 0 Å². The molecule has 28 heavy (non-hydrogen) atoms. The van der Waals surface area contributed by atoms with E-state index >= 15 is 0 Å². The van der Waals surface area contributed by atoms with Crippen LogP contribution in [0.1, 0.15) is 35.1 Å². The molecule has 140 valence electrons. The van der Waals surface area contributed by atoms with E-state index in [4.69, 9.17) is 11.6 Å². The van der Waals surface area contributed by atoms with Gasteiger partial charge in [-0.1, -0.05) is 59.6 Å². The smallest absolute Gasteiger partial charge is 0.226 e. The number of aryl methyl sites for hydroxylation is 1. The van der Waals surface area contributed by atoms with Gasteiger partial charge in [-0.2, -0.15) is 10.1 Å². The molecule has 1 aliphatic heterocycles. The Morgan fingerprint density at radius 2 is 1.79 bits per heavy atom. The lowest BCUT2D eigenvalue weighted by Crippen LogP contribution is -2.40. The standard InChI is InChI=1S/C22H19ClN4O/c1-13-2-4-14(5-3-13)16-10-18-20(19(28)11-16)21(15-6-8-17(23)9-7-15)27-22(26-18)24-12-25-27/h2-10,12,16,20-21H,11H2,1H3,(H,24,25,26)/t16-,20-,21-/m0/s1. The zero-order chi connectivity index (χ0) is 19.3. The van der Waals surface area contributed by atoms with Crippen molar-refractivity contribution in [2.24, 2.45) is 5.92 Å². The summed E-state index contributed by atoms with van der Waals surface area (Å²) >= 11 is 6.07. The van der Waals surface area contributed by atoms with Crippen molar-refractivity contribution in [1.82, 2.24) is 14.8 Å². The van der Waals surface area contributed by atoms with E-state index < -0.39 is 0 Å². The highest BCUT2D eigenvalue weighted by Gasteiger charge is 2.43. The Morgan fingerprint density at radius 3 is 2.54 bits per heavy atom. The Balaban J connectivity index is 1.60. The van der Waals surface area contributed by atoms with Gasteiger partial charge in [0.1, 0.15) is 12.1 Å². The molecule has 0 saturated heterocycles. The Hall–Kier alpha value is -2.92. The van der Waals surface area contributed by atoms with E-state index in [2.05, 4.69) is 52.7 Å². The van der Waals surface area contributed by atoms with Crippen molar-refractivity contribution in [3.8, 4) is 0 Å². The van der Waals surface area contributed by atoms with Crippen LogP contribution in [0.4, 0.5) is 5.95 Å². The van der Waals surface area contributed by atoms with Gasteiger partial charge >= 0.3 is 0 Å². The van der Waals surface area contributed by atoms with Crippen LogP contribution < -0.4 is 5.32 Å². The zero-order valence-electron chi connectivity index (χ0n) is 15.3. The fourth-order valence-corrected chi connectivity index (χ4v) is 4.32. The van der Waals surface area contributed by atoms with Gasteiger partial charge < -0.3 is 5.32 Å². The van der Waals surface area contributed by atoms with Gasteiger partial charge in [0.15, 0.2) is 0 Å². The summed E-state index contributed by atoms with van der Waals surface area (Å²) in [5.41, 5.74) is 4.27. The van der Waals surface area contributed by atoms with E-state index in [9.17, 15) is 4.79 Å². The number of Topliss-reactive ketones (excluding diaryl/α,β-unsaturated/α-hetero) is 1. The third-order valence-corrected chi connectivity index (χ3v) is 5.86. The maximum Gasteiger partial charge on any atom is 0.226 e. The molecule has 3 aromatic rings. The number of carbonyl (C=O) groups excluding carboxylic acids is 1. The number of nitrogens with one attached hydrogen (secondary N) is 1. The van der Waals surface area contributed by atoms with Crippen molar-refractivity contribution >= 4 is 23.3 Å². The minimum atomic E-state index is -0.308. The fourth-order valence-electron chi connectivity index (χ4n) is 4.20. The number of carbonyl (C=O) groups is 1. The Labute approximate surface area is 168 Å². The summed E-state index contributed by atoms with van der Waals surface area (Å²) in [6, 6.07) is 15.8. The maximum atomic E-state index is 13.3. The highest BCUT2D eigenvalue weighted by atomic mass is 35.5. The lowest BCUT2D eigenvalue weighted by atomic mass is 9.75. The first-order chi connectivity index (χ1) is 13.6. The molecule has 2 heterocycles. The zero-order valence-corrected chi connectivity index (χ0v) is 16.1. The molecule has 1 N–H and O–H groups in total. The van der Waals surface area contributed by atoms with Gasteiger partial charge in [-0.25, -0.2) is 4.68 Å². The van der Waals surface area contributed by atoms with Crippen molar-refractivity contribution in [3.63, 3.8) is 0 Å². The Bertz CT molecular complexity index is 1070. The molecule has 0 bridgehead atoms. The van der Waals surface area contributed by atoms with Crippen molar-refractivity contribution in [2.75, 3.05) is 5.32 Å². The third-order valence-electron chi connectivity index (χ3n) is 5.61. The van der Waals surface area contributed by atoms with Gasteiger partial charge in [-0.05, 0) is 30.2 Å². The van der Waals surface area contributed by atoms with Crippen LogP contribution in [-0.4, -0.2) is 20.5 Å². The highest BCUT2D eigenvalue weighted by Crippen LogP contribution is 2.44. The Kier molecular flexibility index (Phi) is 4.05. The molecule has 0 fully saturated rings. The number of hydrogen-bond acceptors (Lipinski definition) is 4. The van der Waals surface area contributed by atoms with Crippen molar-refractivity contribution in [1.29, 1.82) is 0 Å². The molecule has 0 radical (unpaired) electrons. The summed E-state index contributed by atoms with van der Waals surface area (Å²) in [5, 5.41) is 8.38. The first-order valence-electron chi connectivity index (χ1n) is 9.33. The predicted molar refractivity (Wildman–Crippen MR) is 108 cm³/mol. The van der Waals surface area contributed by atoms with Crippen LogP contribution in [0.15, 0.2) is 66.6 Å². The SMILES string of the molecule is Cc1ccc([C@H]2C=C3Nc4ncnn4[C@@H](c4ccc(Cl)cc4)[C@@H]3C(=O)C2)cc1. The van der Waals surface area contributed by atoms with E-state index in [1.807, 2.05) is 24.3 Å². The molecule has 6 heteroatoms. The minimum absolute atomic E-state index is 0.0622. The van der Waals surface area contributed by atoms with Crippen molar-refractivity contribution in [3.05, 3.63) is 88.3 Å². The number of allylic oxidation sites excluding steroid dienone is 2. The number of hydrogen-bond donors (Lipinski definition) is 1. The first kappa shape index (κ1) is 17.2. The number of rotatable bonds is 2. The van der Waals surface area contributed by atoms with Crippen LogP contribution in [0, 0.1) is 12.8 Å². The summed E-state index contributed by atoms with van der Waals surface area (Å²) in [7, 11) is 0. The van der Waals surface area contributed by atoms with E-state index in [0.717, 1.165) is 16.8 Å². The van der Waals surface area contributed by atoms with Crippen LogP contribution in [0.5, 0.6) is 0 Å². The highest BCUT2D eigenvalue weighted by molar-refractivity contribution is 6.30. The second kappa shape index (κ2) is 6.60. The summed E-state index contributed by atoms with van der Waals surface area (Å²) in [5.74, 6) is 0.612. The number of halogens is 1. The van der Waals surface area contributed by atoms with Gasteiger partial charge in [0.05, 0.1) is 12.0 Å². The van der Waals surface area contributed by atoms with Crippen LogP contribution in [-0.2, 0) is 4.79 Å². The molecule has 3 atom stereocenters. The van der Waals surface area contributed by atoms with E-state index in [0.29, 0.717) is 17.4 Å². The minimum Gasteiger partial charge on any atom is -0.328 e. The van der Waals surface area contributed by atoms with E-state index in [-0.39, 0.29) is 23.7 Å². The van der Waals surface area contributed by atoms with Crippen LogP contribution in [0.25, 0.3) is 0 Å². The first-order valence-corrected chi connectivity index (χ1v) is 9.71. The number of fused-ring (bicyclic) bond motifs is 2. The lowest BCUT2D eigenvalue weighted by Gasteiger charge is -2.38. The largest absolute Gasteiger partial charge is 0.328 e. The normalized spacial score (nSPS) is 23.4. The van der Waals surface area contributed by atoms with Gasteiger partial charge in [-0.15, -0.1) is 0 Å². The maximum absolute atomic E-state index is 13.3. The summed E-state index contributed by atoms with van der Waals surface area (Å²) in [4.78, 5) is 17.6. The monoisotopic (exact) mass is 390 g/mol. The molecule has 0 unspecified atom stereocenters. The van der Waals surface area contributed by atoms with Crippen LogP contribution >= 0.6 is 11.6 Å². The second-order valence-corrected chi connectivity index (χ2v) is 7.87. The number of aromatic nitrogens is 3. The van der Waals surface area contributed by atoms with Crippen molar-refractivity contribution in [2.45, 2.75) is 25.3 Å². The average Bonchev–Trinajstić information content (AvgIpc) is 3.16. The molecule has 0 amide bonds. The quantitative estimate of drug-likeness (QED) is 0.699. The Morgan fingerprint density at radius 1 is 1.07 bits per heavy atom. The molecule has 0 saturated carbocycles. The van der Waals surface area contributed by atoms with Gasteiger partial charge in [0, 0.05) is 23.1 Å². The molecular formula is C22H19ClN4O. The molecule has 2 aromatic carbocycles. The van der Waals surface area contributed by atoms with Gasteiger partial charge in [-0.3, -0.25) is 4.79 Å². The van der Waals surface area contributed by atoms with Crippen LogP contribution in [0.2, 0.25) is 5.02 Å². The molecule has 5 rings (SSSR count). The molecular weight excluding hydrogens is 372 g/mol. The molecule has 0 spiro atoms. The topological polar surface area (TPSA) is 59.8 Å². The summed E-state index contributed by atoms with van der Waals surface area (Å²) in [6.45, 7) is 2.07. The molecule has 2 aliphatic rings.